The van der Waals surface area contributed by atoms with Crippen molar-refractivity contribution in [2.24, 2.45) is 11.3 Å². The van der Waals surface area contributed by atoms with Crippen LogP contribution in [0, 0.1) is 17.2 Å². The number of halogens is 1. The number of benzene rings is 2. The molecule has 4 saturated heterocycles. The molecule has 10 rings (SSSR count). The van der Waals surface area contributed by atoms with Gasteiger partial charge in [-0.1, -0.05) is 13.0 Å². The number of nitrogens with zero attached hydrogens (tertiary/aromatic N) is 7. The Kier molecular flexibility index (Phi) is 10.1. The summed E-state index contributed by atoms with van der Waals surface area (Å²) >= 11 is 0. The number of rotatable bonds is 10. The van der Waals surface area contributed by atoms with Gasteiger partial charge in [-0.25, -0.2) is 14.4 Å². The number of piperidine rings is 4. The monoisotopic (exact) mass is 803 g/mol. The summed E-state index contributed by atoms with van der Waals surface area (Å²) in [5.74, 6) is -0.0474. The molecule has 1 saturated carbocycles. The van der Waals surface area contributed by atoms with Crippen LogP contribution in [0.15, 0.2) is 42.7 Å². The number of anilines is 2. The maximum atomic E-state index is 15.9. The molecule has 4 aromatic rings. The lowest BCUT2D eigenvalue weighted by Crippen LogP contribution is -2.52. The number of aromatic nitrogens is 4. The topological polar surface area (TPSA) is 140 Å². The van der Waals surface area contributed by atoms with Crippen molar-refractivity contribution >= 4 is 40.1 Å². The highest BCUT2D eigenvalue weighted by molar-refractivity contribution is 6.05. The fraction of sp³-hybridized carbons (Fsp3) is 0.556. The predicted octanol–water partition coefficient (Wildman–Crippen LogP) is 5.63. The molecule has 2 aromatic carbocycles. The highest BCUT2D eigenvalue weighted by Gasteiger charge is 2.41. The van der Waals surface area contributed by atoms with Gasteiger partial charge >= 0.3 is 0 Å². The van der Waals surface area contributed by atoms with Crippen LogP contribution in [-0.2, 0) is 27.3 Å². The molecule has 0 radical (unpaired) electrons. The average Bonchev–Trinajstić information content (AvgIpc) is 3.66. The molecular formula is C45H54FN9O4. The average molecular weight is 804 g/mol. The van der Waals surface area contributed by atoms with Crippen LogP contribution >= 0.6 is 0 Å². The fourth-order valence-corrected chi connectivity index (χ4v) is 10.2. The summed E-state index contributed by atoms with van der Waals surface area (Å²) in [7, 11) is 0. The molecule has 0 bridgehead atoms. The maximum absolute atomic E-state index is 15.9. The van der Waals surface area contributed by atoms with E-state index >= 15 is 4.39 Å². The first kappa shape index (κ1) is 38.3. The number of likely N-dealkylation sites (tertiary alicyclic amines) is 1. The molecule has 59 heavy (non-hydrogen) atoms. The van der Waals surface area contributed by atoms with Crippen molar-refractivity contribution in [2.45, 2.75) is 102 Å². The summed E-state index contributed by atoms with van der Waals surface area (Å²) in [4.78, 5) is 55.0. The van der Waals surface area contributed by atoms with E-state index in [4.69, 9.17) is 4.74 Å². The van der Waals surface area contributed by atoms with Gasteiger partial charge in [-0.2, -0.15) is 5.10 Å². The van der Waals surface area contributed by atoms with Crippen molar-refractivity contribution in [2.75, 3.05) is 55.6 Å². The largest absolute Gasteiger partial charge is 0.375 e. The Bertz CT molecular complexity index is 2250. The minimum atomic E-state index is -0.753. The van der Waals surface area contributed by atoms with Gasteiger partial charge < -0.3 is 24.3 Å². The lowest BCUT2D eigenvalue weighted by atomic mass is 9.94. The molecule has 1 unspecified atom stereocenters. The van der Waals surface area contributed by atoms with Crippen LogP contribution < -0.4 is 15.1 Å². The number of imide groups is 1. The minimum Gasteiger partial charge on any atom is -0.375 e. The highest BCUT2D eigenvalue weighted by atomic mass is 19.1. The normalized spacial score (nSPS) is 23.3. The van der Waals surface area contributed by atoms with Gasteiger partial charge in [0, 0.05) is 74.8 Å². The molecule has 6 aliphatic rings. The van der Waals surface area contributed by atoms with Crippen molar-refractivity contribution in [1.29, 1.82) is 0 Å². The van der Waals surface area contributed by atoms with Gasteiger partial charge in [0.25, 0.3) is 5.91 Å². The molecule has 14 heteroatoms. The minimum absolute atomic E-state index is 0.0464. The Morgan fingerprint density at radius 2 is 1.61 bits per heavy atom. The maximum Gasteiger partial charge on any atom is 0.255 e. The molecule has 1 atom stereocenters. The van der Waals surface area contributed by atoms with Crippen LogP contribution in [0.4, 0.5) is 15.9 Å². The zero-order valence-electron chi connectivity index (χ0n) is 33.9. The van der Waals surface area contributed by atoms with E-state index in [1.165, 1.54) is 23.3 Å². The predicted molar refractivity (Wildman–Crippen MR) is 221 cm³/mol. The smallest absolute Gasteiger partial charge is 0.255 e. The number of carbonyl (C=O) groups excluding carboxylic acids is 3. The summed E-state index contributed by atoms with van der Waals surface area (Å²) in [6.07, 6.45) is 12.4. The molecule has 2 aromatic heterocycles. The van der Waals surface area contributed by atoms with Gasteiger partial charge in [-0.3, -0.25) is 24.8 Å². The molecule has 0 spiro atoms. The van der Waals surface area contributed by atoms with Gasteiger partial charge in [-0.05, 0) is 105 Å². The summed E-state index contributed by atoms with van der Waals surface area (Å²) < 4.78 is 22.6. The number of nitrogens with one attached hydrogen (secondary N) is 2. The molecule has 5 aliphatic heterocycles. The van der Waals surface area contributed by atoms with Crippen molar-refractivity contribution in [3.8, 4) is 11.4 Å². The first-order valence-electron chi connectivity index (χ1n) is 21.8. The Morgan fingerprint density at radius 1 is 0.864 bits per heavy atom. The SMILES string of the molecule is CC1(Cc2ccc3[nH]nc(-c4cc(N5CCC(OC6CCN(CC7CCN(c8ccc9c(c8F)CN(C8CCC(=O)NC8=O)C9=O)CC7)CC6)CC5)ncn4)c3c2)CC1. The summed E-state index contributed by atoms with van der Waals surface area (Å²) in [5, 5.41) is 11.3. The molecule has 1 aliphatic carbocycles. The van der Waals surface area contributed by atoms with E-state index in [1.807, 2.05) is 0 Å². The van der Waals surface area contributed by atoms with E-state index in [-0.39, 0.29) is 49.2 Å². The van der Waals surface area contributed by atoms with Crippen LogP contribution in [0.5, 0.6) is 0 Å². The number of aromatic amines is 1. The van der Waals surface area contributed by atoms with Crippen molar-refractivity contribution in [3.05, 3.63) is 65.2 Å². The molecule has 310 valence electrons. The molecule has 7 heterocycles. The second kappa shape index (κ2) is 15.6. The summed E-state index contributed by atoms with van der Waals surface area (Å²) in [6, 6.07) is 11.4. The lowest BCUT2D eigenvalue weighted by Gasteiger charge is -2.40. The number of amides is 3. The van der Waals surface area contributed by atoms with E-state index in [1.54, 1.807) is 18.5 Å². The zero-order valence-corrected chi connectivity index (χ0v) is 33.9. The van der Waals surface area contributed by atoms with E-state index in [2.05, 4.69) is 71.4 Å². The Hall–Kier alpha value is -4.95. The second-order valence-electron chi connectivity index (χ2n) is 18.3. The van der Waals surface area contributed by atoms with Gasteiger partial charge in [0.2, 0.25) is 11.8 Å². The molecule has 2 N–H and O–H groups in total. The Balaban J connectivity index is 0.667. The fourth-order valence-electron chi connectivity index (χ4n) is 10.2. The number of ether oxygens (including phenoxy) is 1. The highest BCUT2D eigenvalue weighted by Crippen LogP contribution is 2.48. The van der Waals surface area contributed by atoms with Crippen molar-refractivity contribution in [3.63, 3.8) is 0 Å². The third-order valence-electron chi connectivity index (χ3n) is 14.0. The molecular weight excluding hydrogens is 750 g/mol. The van der Waals surface area contributed by atoms with E-state index in [9.17, 15) is 14.4 Å². The number of H-pyrrole nitrogens is 1. The third kappa shape index (κ3) is 7.81. The van der Waals surface area contributed by atoms with Crippen LogP contribution in [0.1, 0.15) is 92.6 Å². The van der Waals surface area contributed by atoms with Crippen LogP contribution in [0.3, 0.4) is 0 Å². The Labute approximate surface area is 344 Å². The molecule has 3 amide bonds. The Morgan fingerprint density at radius 3 is 2.36 bits per heavy atom. The van der Waals surface area contributed by atoms with E-state index in [0.29, 0.717) is 28.1 Å². The van der Waals surface area contributed by atoms with Gasteiger partial charge in [0.15, 0.2) is 5.82 Å². The van der Waals surface area contributed by atoms with Crippen molar-refractivity contribution < 1.29 is 23.5 Å². The standard InChI is InChI=1S/C45H54FN9O4/c1-45(14-15-45)24-29-2-4-35-33(22-29)42(51-50-35)36-23-39(48-27-47-36)54-20-12-31(13-21-54)59-30-10-16-52(17-11-30)25-28-8-18-53(19-9-28)37-5-3-32-34(41(37)46)26-55(44(32)58)38-6-7-40(56)49-43(38)57/h2-5,22-23,27-28,30-31,38H,6-21,24-26H2,1H3,(H,50,51)(H,49,56,57). The van der Waals surface area contributed by atoms with Crippen molar-refractivity contribution in [1.82, 2.24) is 35.3 Å². The van der Waals surface area contributed by atoms with Gasteiger partial charge in [-0.15, -0.1) is 0 Å². The molecule has 13 nitrogen and oxygen atoms in total. The van der Waals surface area contributed by atoms with E-state index in [0.717, 1.165) is 119 Å². The van der Waals surface area contributed by atoms with Crippen LogP contribution in [0.2, 0.25) is 0 Å². The molecule has 5 fully saturated rings. The van der Waals surface area contributed by atoms with Crippen LogP contribution in [-0.4, -0.2) is 112 Å². The van der Waals surface area contributed by atoms with Gasteiger partial charge in [0.05, 0.1) is 35.7 Å². The quantitative estimate of drug-likeness (QED) is 0.194. The lowest BCUT2D eigenvalue weighted by molar-refractivity contribution is -0.136. The summed E-state index contributed by atoms with van der Waals surface area (Å²) in [6.45, 7) is 8.87. The number of carbonyl (C=O) groups is 3. The second-order valence-corrected chi connectivity index (χ2v) is 18.3. The number of hydrogen-bond donors (Lipinski definition) is 2. The first-order chi connectivity index (χ1) is 28.7. The van der Waals surface area contributed by atoms with E-state index < -0.39 is 11.9 Å². The summed E-state index contributed by atoms with van der Waals surface area (Å²) in [5.41, 5.74) is 5.76. The van der Waals surface area contributed by atoms with Crippen LogP contribution in [0.25, 0.3) is 22.3 Å². The third-order valence-corrected chi connectivity index (χ3v) is 14.0. The number of fused-ring (bicyclic) bond motifs is 2. The zero-order chi connectivity index (χ0) is 40.3. The number of hydrogen-bond acceptors (Lipinski definition) is 10. The first-order valence-corrected chi connectivity index (χ1v) is 21.8. The van der Waals surface area contributed by atoms with Gasteiger partial charge in [0.1, 0.15) is 23.9 Å².